The van der Waals surface area contributed by atoms with E-state index in [2.05, 4.69) is 19.9 Å². The van der Waals surface area contributed by atoms with Crippen molar-refractivity contribution in [3.8, 4) is 0 Å². The number of H-pyrrole nitrogens is 2. The predicted octanol–water partition coefficient (Wildman–Crippen LogP) is -3.89. The van der Waals surface area contributed by atoms with Crippen LogP contribution in [0.2, 0.25) is 0 Å². The number of fused-ring (bicyclic) bond motifs is 2. The van der Waals surface area contributed by atoms with Crippen LogP contribution in [-0.4, -0.2) is 9.97 Å². The molecule has 4 rings (SSSR count). The number of aromatic amines is 2. The highest BCUT2D eigenvalue weighted by Crippen LogP contribution is 2.05. The largest absolute Gasteiger partial charge is 1.00 e. The van der Waals surface area contributed by atoms with Gasteiger partial charge in [-0.3, -0.25) is 0 Å². The van der Waals surface area contributed by atoms with E-state index in [1.165, 1.54) is 0 Å². The molecule has 112 valence electrons. The van der Waals surface area contributed by atoms with Crippen LogP contribution < -0.4 is 57.9 Å². The van der Waals surface area contributed by atoms with E-state index in [1.54, 1.807) is 12.7 Å². The number of halogens is 2. The zero-order valence-corrected chi connectivity index (χ0v) is 15.9. The number of nitrogens with one attached hydrogen (secondary N) is 2. The molecule has 0 amide bonds. The molecule has 22 heavy (non-hydrogen) atoms. The number of rotatable bonds is 0. The van der Waals surface area contributed by atoms with E-state index in [9.17, 15) is 0 Å². The van der Waals surface area contributed by atoms with Crippen LogP contribution in [-0.2, 0) is 0 Å². The highest BCUT2D eigenvalue weighted by atomic mass is 127. The lowest BCUT2D eigenvalue weighted by molar-refractivity contribution is -0.380. The Morgan fingerprint density at radius 1 is 0.591 bits per heavy atom. The van der Waals surface area contributed by atoms with Crippen molar-refractivity contribution < 1.29 is 57.9 Å². The van der Waals surface area contributed by atoms with E-state index in [0.717, 1.165) is 21.8 Å². The third kappa shape index (κ3) is 4.80. The second-order valence-corrected chi connectivity index (χ2v) is 4.26. The highest BCUT2D eigenvalue weighted by molar-refractivity contribution is 5.76. The monoisotopic (exact) mass is 516 g/mol. The van der Waals surface area contributed by atoms with Crippen molar-refractivity contribution in [3.63, 3.8) is 0 Å². The van der Waals surface area contributed by atoms with Gasteiger partial charge in [0.1, 0.15) is 0 Å². The SMILES string of the molecule is [I-].[I-].c1ccc2nc[nH+]cc2c1.c1ccc2nc[nH+]cc2c1. The summed E-state index contributed by atoms with van der Waals surface area (Å²) in [6.45, 7) is 0. The van der Waals surface area contributed by atoms with Crippen molar-refractivity contribution in [2.75, 3.05) is 0 Å². The number of nitrogens with zero attached hydrogens (tertiary/aromatic N) is 2. The number of aromatic nitrogens is 4. The summed E-state index contributed by atoms with van der Waals surface area (Å²) in [6.07, 6.45) is 7.23. The standard InChI is InChI=1S/2C8H6N2.2HI/c2*1-2-4-8-7(3-1)5-9-6-10-8;;/h2*1-6H;2*1H. The zero-order chi connectivity index (χ0) is 13.6. The predicted molar refractivity (Wildman–Crippen MR) is 76.6 cm³/mol. The fraction of sp³-hybridized carbons (Fsp3) is 0. The molecule has 0 aliphatic heterocycles. The first kappa shape index (κ1) is 18.6. The van der Waals surface area contributed by atoms with E-state index >= 15 is 0 Å². The van der Waals surface area contributed by atoms with Crippen LogP contribution in [0.1, 0.15) is 0 Å². The first-order valence-corrected chi connectivity index (χ1v) is 6.35. The van der Waals surface area contributed by atoms with Crippen molar-refractivity contribution in [3.05, 3.63) is 73.6 Å². The van der Waals surface area contributed by atoms with Gasteiger partial charge in [-0.15, -0.1) is 0 Å². The maximum Gasteiger partial charge on any atom is 0.284 e. The lowest BCUT2D eigenvalue weighted by Gasteiger charge is -1.84. The Balaban J connectivity index is 0.000000202. The molecular weight excluding hydrogens is 502 g/mol. The molecule has 0 aliphatic rings. The van der Waals surface area contributed by atoms with Crippen LogP contribution in [0, 0.1) is 0 Å². The molecule has 0 spiro atoms. The van der Waals surface area contributed by atoms with Crippen LogP contribution in [0.25, 0.3) is 21.8 Å². The molecule has 0 saturated heterocycles. The van der Waals surface area contributed by atoms with Crippen LogP contribution in [0.3, 0.4) is 0 Å². The molecular formula is C16H14I2N4. The lowest BCUT2D eigenvalue weighted by Crippen LogP contribution is -3.00. The molecule has 0 fully saturated rings. The maximum absolute atomic E-state index is 4.13. The number of benzene rings is 2. The maximum atomic E-state index is 4.13. The molecule has 0 unspecified atom stereocenters. The Labute approximate surface area is 162 Å². The van der Waals surface area contributed by atoms with Gasteiger partial charge in [0.25, 0.3) is 12.7 Å². The minimum Gasteiger partial charge on any atom is -1.00 e. The fourth-order valence-corrected chi connectivity index (χ4v) is 1.92. The van der Waals surface area contributed by atoms with E-state index in [0.29, 0.717) is 0 Å². The molecule has 4 nitrogen and oxygen atoms in total. The molecule has 6 heteroatoms. The van der Waals surface area contributed by atoms with Crippen LogP contribution in [0.4, 0.5) is 0 Å². The second-order valence-electron chi connectivity index (χ2n) is 4.26. The Kier molecular flexibility index (Phi) is 8.10. The first-order chi connectivity index (χ1) is 9.93. The number of hydrogen-bond acceptors (Lipinski definition) is 2. The summed E-state index contributed by atoms with van der Waals surface area (Å²) in [7, 11) is 0. The average molecular weight is 516 g/mol. The van der Waals surface area contributed by atoms with Crippen molar-refractivity contribution in [1.82, 2.24) is 9.97 Å². The van der Waals surface area contributed by atoms with Crippen molar-refractivity contribution in [2.24, 2.45) is 0 Å². The third-order valence-electron chi connectivity index (χ3n) is 2.91. The Morgan fingerprint density at radius 3 is 1.41 bits per heavy atom. The van der Waals surface area contributed by atoms with Gasteiger partial charge in [-0.05, 0) is 34.2 Å². The van der Waals surface area contributed by atoms with Crippen molar-refractivity contribution in [2.45, 2.75) is 0 Å². The summed E-state index contributed by atoms with van der Waals surface area (Å²) in [5.41, 5.74) is 2.06. The molecule has 0 radical (unpaired) electrons. The third-order valence-corrected chi connectivity index (χ3v) is 2.91. The molecule has 0 atom stereocenters. The zero-order valence-electron chi connectivity index (χ0n) is 11.6. The van der Waals surface area contributed by atoms with Crippen molar-refractivity contribution >= 4 is 21.8 Å². The summed E-state index contributed by atoms with van der Waals surface area (Å²) >= 11 is 0. The molecule has 2 N–H and O–H groups in total. The second kappa shape index (κ2) is 9.57. The van der Waals surface area contributed by atoms with Gasteiger partial charge in [-0.25, -0.2) is 9.97 Å². The lowest BCUT2D eigenvalue weighted by atomic mass is 10.2. The Morgan fingerprint density at radius 2 is 1.00 bits per heavy atom. The minimum atomic E-state index is 0. The number of hydrogen-bond donors (Lipinski definition) is 0. The quantitative estimate of drug-likeness (QED) is 0.225. The molecule has 4 aromatic rings. The number of para-hydroxylation sites is 2. The molecule has 0 aliphatic carbocycles. The van der Waals surface area contributed by atoms with Gasteiger partial charge in [0, 0.05) is 0 Å². The van der Waals surface area contributed by atoms with Crippen LogP contribution in [0.5, 0.6) is 0 Å². The van der Waals surface area contributed by atoms with Gasteiger partial charge in [0.15, 0.2) is 11.0 Å². The molecule has 0 bridgehead atoms. The Bertz CT molecular complexity index is 637. The van der Waals surface area contributed by atoms with Gasteiger partial charge in [-0.2, -0.15) is 0 Å². The van der Waals surface area contributed by atoms with Gasteiger partial charge in [-0.1, -0.05) is 24.3 Å². The van der Waals surface area contributed by atoms with Crippen LogP contribution >= 0.6 is 0 Å². The van der Waals surface area contributed by atoms with E-state index in [4.69, 9.17) is 0 Å². The summed E-state index contributed by atoms with van der Waals surface area (Å²) in [5, 5.41) is 2.29. The van der Waals surface area contributed by atoms with E-state index < -0.39 is 0 Å². The normalized spacial score (nSPS) is 9.09. The summed E-state index contributed by atoms with van der Waals surface area (Å²) in [6, 6.07) is 16.0. The van der Waals surface area contributed by atoms with Crippen molar-refractivity contribution in [1.29, 1.82) is 0 Å². The highest BCUT2D eigenvalue weighted by Gasteiger charge is 1.95. The van der Waals surface area contributed by atoms with E-state index in [1.807, 2.05) is 60.9 Å². The summed E-state index contributed by atoms with van der Waals surface area (Å²) in [4.78, 5) is 14.1. The molecule has 2 aromatic carbocycles. The van der Waals surface area contributed by atoms with Gasteiger partial charge < -0.3 is 48.0 Å². The smallest absolute Gasteiger partial charge is 0.284 e. The molecule has 2 aromatic heterocycles. The first-order valence-electron chi connectivity index (χ1n) is 6.35. The summed E-state index contributed by atoms with van der Waals surface area (Å²) in [5.74, 6) is 0. The minimum absolute atomic E-state index is 0. The van der Waals surface area contributed by atoms with Gasteiger partial charge in [0.2, 0.25) is 0 Å². The van der Waals surface area contributed by atoms with Gasteiger partial charge in [0.05, 0.1) is 23.2 Å². The fourth-order valence-electron chi connectivity index (χ4n) is 1.92. The van der Waals surface area contributed by atoms with Gasteiger partial charge >= 0.3 is 0 Å². The average Bonchev–Trinajstić information content (AvgIpc) is 2.56. The van der Waals surface area contributed by atoms with E-state index in [-0.39, 0.29) is 48.0 Å². The molecule has 2 heterocycles. The Hall–Kier alpha value is -1.42. The topological polar surface area (TPSA) is 54.1 Å². The summed E-state index contributed by atoms with van der Waals surface area (Å²) < 4.78 is 0. The van der Waals surface area contributed by atoms with Crippen LogP contribution in [0.15, 0.2) is 73.6 Å². The molecule has 0 saturated carbocycles.